The first kappa shape index (κ1) is 21.5. The summed E-state index contributed by atoms with van der Waals surface area (Å²) in [5.41, 5.74) is 3.44. The van der Waals surface area contributed by atoms with Crippen LogP contribution in [0, 0.1) is 5.82 Å². The third kappa shape index (κ3) is 4.46. The van der Waals surface area contributed by atoms with Gasteiger partial charge in [0.05, 0.1) is 24.1 Å². The van der Waals surface area contributed by atoms with Crippen LogP contribution in [0.2, 0.25) is 0 Å². The summed E-state index contributed by atoms with van der Waals surface area (Å²) in [5.74, 6) is -0.423. The number of nitrogens with one attached hydrogen (secondary N) is 1. The van der Waals surface area contributed by atoms with E-state index in [4.69, 9.17) is 4.74 Å². The Balaban J connectivity index is 1.61. The highest BCUT2D eigenvalue weighted by atomic mass is 19.1. The smallest absolute Gasteiger partial charge is 0.410 e. The van der Waals surface area contributed by atoms with E-state index in [-0.39, 0.29) is 6.54 Å². The minimum Gasteiger partial charge on any atom is -0.444 e. The Morgan fingerprint density at radius 3 is 2.66 bits per heavy atom. The van der Waals surface area contributed by atoms with Crippen molar-refractivity contribution in [3.05, 3.63) is 54.4 Å². The normalized spacial score (nSPS) is 11.7. The fourth-order valence-corrected chi connectivity index (χ4v) is 3.37. The molecule has 0 aliphatic carbocycles. The third-order valence-electron chi connectivity index (χ3n) is 4.88. The minimum absolute atomic E-state index is 0.0928. The van der Waals surface area contributed by atoms with Gasteiger partial charge in [0.25, 0.3) is 0 Å². The maximum Gasteiger partial charge on any atom is 0.410 e. The molecule has 1 N–H and O–H groups in total. The van der Waals surface area contributed by atoms with Crippen molar-refractivity contribution in [2.45, 2.75) is 32.9 Å². The Labute approximate surface area is 185 Å². The standard InChI is InChI=1S/C23H25FN6O2/c1-23(2,3)32-22(31)29(4)11-15-7-6-14(8-18(15)24)20-17-9-19(16-10-27-30(5)12-16)28-21(17)26-13-25-20/h6-10,12-13H,11H2,1-5H3,(H,25,26,28). The quantitative estimate of drug-likeness (QED) is 0.508. The molecule has 166 valence electrons. The van der Waals surface area contributed by atoms with Gasteiger partial charge in [0.2, 0.25) is 0 Å². The monoisotopic (exact) mass is 436 g/mol. The molecule has 0 aliphatic rings. The number of benzene rings is 1. The molecule has 3 aromatic heterocycles. The van der Waals surface area contributed by atoms with E-state index in [2.05, 4.69) is 20.1 Å². The Kier molecular flexibility index (Phi) is 5.41. The topological polar surface area (TPSA) is 88.9 Å². The molecule has 0 bridgehead atoms. The van der Waals surface area contributed by atoms with Crippen molar-refractivity contribution in [1.29, 1.82) is 0 Å². The molecule has 3 heterocycles. The van der Waals surface area contributed by atoms with Crippen LogP contribution in [0.3, 0.4) is 0 Å². The summed E-state index contributed by atoms with van der Waals surface area (Å²) in [6.45, 7) is 5.46. The fraction of sp³-hybridized carbons (Fsp3) is 0.304. The molecule has 4 aromatic rings. The number of aromatic nitrogens is 5. The molecule has 1 amide bonds. The number of aryl methyl sites for hydroxylation is 1. The number of carbonyl (C=O) groups excluding carboxylic acids is 1. The molecular formula is C23H25FN6O2. The second-order valence-electron chi connectivity index (χ2n) is 8.71. The molecule has 0 unspecified atom stereocenters. The lowest BCUT2D eigenvalue weighted by Gasteiger charge is -2.24. The zero-order chi connectivity index (χ0) is 23.0. The van der Waals surface area contributed by atoms with E-state index in [0.717, 1.165) is 16.6 Å². The molecule has 4 rings (SSSR count). The van der Waals surface area contributed by atoms with E-state index >= 15 is 0 Å². The number of fused-ring (bicyclic) bond motifs is 1. The number of ether oxygens (including phenoxy) is 1. The van der Waals surface area contributed by atoms with Gasteiger partial charge in [-0.1, -0.05) is 12.1 Å². The number of rotatable bonds is 4. The number of nitrogens with zero attached hydrogens (tertiary/aromatic N) is 5. The molecule has 1 aromatic carbocycles. The summed E-state index contributed by atoms with van der Waals surface area (Å²) in [6.07, 6.45) is 4.60. The molecule has 0 aliphatic heterocycles. The summed E-state index contributed by atoms with van der Waals surface area (Å²) in [7, 11) is 3.43. The largest absolute Gasteiger partial charge is 0.444 e. The van der Waals surface area contributed by atoms with E-state index in [9.17, 15) is 9.18 Å². The maximum atomic E-state index is 14.9. The third-order valence-corrected chi connectivity index (χ3v) is 4.88. The van der Waals surface area contributed by atoms with Crippen molar-refractivity contribution in [2.75, 3.05) is 7.05 Å². The van der Waals surface area contributed by atoms with Crippen molar-refractivity contribution < 1.29 is 13.9 Å². The summed E-state index contributed by atoms with van der Waals surface area (Å²) in [6, 6.07) is 6.81. The molecule has 0 spiro atoms. The van der Waals surface area contributed by atoms with E-state index in [1.165, 1.54) is 17.3 Å². The highest BCUT2D eigenvalue weighted by molar-refractivity contribution is 5.94. The predicted octanol–water partition coefficient (Wildman–Crippen LogP) is 4.53. The van der Waals surface area contributed by atoms with E-state index in [0.29, 0.717) is 22.5 Å². The van der Waals surface area contributed by atoms with Crippen molar-refractivity contribution in [3.8, 4) is 22.5 Å². The average Bonchev–Trinajstić information content (AvgIpc) is 3.34. The van der Waals surface area contributed by atoms with Crippen LogP contribution in [0.4, 0.5) is 9.18 Å². The lowest BCUT2D eigenvalue weighted by molar-refractivity contribution is 0.0284. The average molecular weight is 436 g/mol. The Morgan fingerprint density at radius 2 is 2.00 bits per heavy atom. The van der Waals surface area contributed by atoms with E-state index < -0.39 is 17.5 Å². The number of aromatic amines is 1. The number of halogens is 1. The van der Waals surface area contributed by atoms with Crippen LogP contribution in [0.5, 0.6) is 0 Å². The molecule has 0 saturated heterocycles. The summed E-state index contributed by atoms with van der Waals surface area (Å²) in [4.78, 5) is 25.5. The minimum atomic E-state index is -0.614. The number of amides is 1. The maximum absolute atomic E-state index is 14.9. The first-order valence-corrected chi connectivity index (χ1v) is 10.2. The van der Waals surface area contributed by atoms with Crippen LogP contribution in [0.1, 0.15) is 26.3 Å². The molecule has 9 heteroatoms. The van der Waals surface area contributed by atoms with Gasteiger partial charge < -0.3 is 14.6 Å². The molecule has 32 heavy (non-hydrogen) atoms. The second kappa shape index (κ2) is 8.07. The number of carbonyl (C=O) groups is 1. The molecule has 8 nitrogen and oxygen atoms in total. The molecule has 0 atom stereocenters. The van der Waals surface area contributed by atoms with Gasteiger partial charge in [-0.25, -0.2) is 19.2 Å². The van der Waals surface area contributed by atoms with Crippen LogP contribution in [0.15, 0.2) is 43.0 Å². The Morgan fingerprint density at radius 1 is 1.22 bits per heavy atom. The van der Waals surface area contributed by atoms with Crippen molar-refractivity contribution in [2.24, 2.45) is 7.05 Å². The number of H-pyrrole nitrogens is 1. The molecule has 0 fully saturated rings. The Hall–Kier alpha value is -3.75. The van der Waals surface area contributed by atoms with Crippen LogP contribution < -0.4 is 0 Å². The first-order valence-electron chi connectivity index (χ1n) is 10.2. The van der Waals surface area contributed by atoms with Crippen molar-refractivity contribution in [1.82, 2.24) is 29.6 Å². The van der Waals surface area contributed by atoms with Crippen LogP contribution in [-0.2, 0) is 18.3 Å². The van der Waals surface area contributed by atoms with Gasteiger partial charge >= 0.3 is 6.09 Å². The zero-order valence-electron chi connectivity index (χ0n) is 18.7. The van der Waals surface area contributed by atoms with Gasteiger partial charge in [-0.2, -0.15) is 5.10 Å². The first-order chi connectivity index (χ1) is 15.1. The van der Waals surface area contributed by atoms with E-state index in [1.54, 1.807) is 50.8 Å². The highest BCUT2D eigenvalue weighted by Crippen LogP contribution is 2.30. The zero-order valence-corrected chi connectivity index (χ0v) is 18.7. The van der Waals surface area contributed by atoms with Gasteiger partial charge in [0.15, 0.2) is 0 Å². The molecule has 0 saturated carbocycles. The van der Waals surface area contributed by atoms with E-state index in [1.807, 2.05) is 19.3 Å². The fourth-order valence-electron chi connectivity index (χ4n) is 3.37. The SMILES string of the molecule is CN(Cc1ccc(-c2ncnc3[nH]c(-c4cnn(C)c4)cc23)cc1F)C(=O)OC(C)(C)C. The summed E-state index contributed by atoms with van der Waals surface area (Å²) < 4.78 is 22.0. The van der Waals surface area contributed by atoms with Crippen LogP contribution >= 0.6 is 0 Å². The lowest BCUT2D eigenvalue weighted by atomic mass is 10.1. The van der Waals surface area contributed by atoms with Gasteiger partial charge in [0.1, 0.15) is 23.4 Å². The van der Waals surface area contributed by atoms with Crippen molar-refractivity contribution >= 4 is 17.1 Å². The van der Waals surface area contributed by atoms with Crippen molar-refractivity contribution in [3.63, 3.8) is 0 Å². The molecular weight excluding hydrogens is 411 g/mol. The van der Waals surface area contributed by atoms with Crippen LogP contribution in [-0.4, -0.2) is 48.4 Å². The number of hydrogen-bond donors (Lipinski definition) is 1. The second-order valence-corrected chi connectivity index (χ2v) is 8.71. The van der Waals surface area contributed by atoms with Gasteiger partial charge in [-0.05, 0) is 32.9 Å². The Bertz CT molecular complexity index is 1290. The highest BCUT2D eigenvalue weighted by Gasteiger charge is 2.21. The summed E-state index contributed by atoms with van der Waals surface area (Å²) in [5, 5.41) is 4.98. The van der Waals surface area contributed by atoms with Gasteiger partial charge in [-0.15, -0.1) is 0 Å². The number of hydrogen-bond acceptors (Lipinski definition) is 5. The molecule has 0 radical (unpaired) electrons. The lowest BCUT2D eigenvalue weighted by Crippen LogP contribution is -2.34. The van der Waals surface area contributed by atoms with Gasteiger partial charge in [-0.3, -0.25) is 4.68 Å². The summed E-state index contributed by atoms with van der Waals surface area (Å²) >= 11 is 0. The predicted molar refractivity (Wildman–Crippen MR) is 119 cm³/mol. The van der Waals surface area contributed by atoms with Gasteiger partial charge in [0, 0.05) is 42.4 Å². The van der Waals surface area contributed by atoms with Crippen LogP contribution in [0.25, 0.3) is 33.5 Å².